The number of hydrogen-bond acceptors (Lipinski definition) is 5. The largest absolute Gasteiger partial charge is 0.474 e. The standard InChI is InChI=1S/C12H21N3O2/c1-10(2)6-13-7-11-8-14-9-12(15-11)17-5-4-16-3/h8-10,13H,4-7H2,1-3H3. The topological polar surface area (TPSA) is 56.3 Å². The van der Waals surface area contributed by atoms with Crippen LogP contribution in [0.5, 0.6) is 5.88 Å². The van der Waals surface area contributed by atoms with Gasteiger partial charge < -0.3 is 14.8 Å². The molecule has 0 saturated heterocycles. The van der Waals surface area contributed by atoms with Crippen molar-refractivity contribution in [1.29, 1.82) is 0 Å². The average molecular weight is 239 g/mol. The predicted molar refractivity (Wildman–Crippen MR) is 65.9 cm³/mol. The zero-order valence-electron chi connectivity index (χ0n) is 10.8. The van der Waals surface area contributed by atoms with Gasteiger partial charge in [0, 0.05) is 19.9 Å². The van der Waals surface area contributed by atoms with Crippen molar-refractivity contribution in [2.24, 2.45) is 5.92 Å². The van der Waals surface area contributed by atoms with Crippen LogP contribution in [0.1, 0.15) is 19.5 Å². The maximum absolute atomic E-state index is 5.39. The van der Waals surface area contributed by atoms with Crippen molar-refractivity contribution >= 4 is 0 Å². The van der Waals surface area contributed by atoms with Gasteiger partial charge in [-0.3, -0.25) is 4.98 Å². The van der Waals surface area contributed by atoms with Crippen molar-refractivity contribution in [3.63, 3.8) is 0 Å². The molecule has 0 aliphatic heterocycles. The lowest BCUT2D eigenvalue weighted by Gasteiger charge is -2.08. The van der Waals surface area contributed by atoms with Crippen molar-refractivity contribution in [3.05, 3.63) is 18.1 Å². The van der Waals surface area contributed by atoms with E-state index in [2.05, 4.69) is 29.1 Å². The molecule has 1 aromatic heterocycles. The van der Waals surface area contributed by atoms with Gasteiger partial charge in [-0.25, -0.2) is 4.98 Å². The van der Waals surface area contributed by atoms with Crippen molar-refractivity contribution in [2.45, 2.75) is 20.4 Å². The molecule has 0 aliphatic carbocycles. The van der Waals surface area contributed by atoms with E-state index in [4.69, 9.17) is 9.47 Å². The fraction of sp³-hybridized carbons (Fsp3) is 0.667. The van der Waals surface area contributed by atoms with E-state index >= 15 is 0 Å². The van der Waals surface area contributed by atoms with E-state index in [-0.39, 0.29) is 0 Å². The lowest BCUT2D eigenvalue weighted by Crippen LogP contribution is -2.20. The van der Waals surface area contributed by atoms with Crippen LogP contribution in [-0.4, -0.2) is 36.8 Å². The number of aromatic nitrogens is 2. The minimum atomic E-state index is 0.494. The quantitative estimate of drug-likeness (QED) is 0.692. The van der Waals surface area contributed by atoms with E-state index in [1.165, 1.54) is 0 Å². The van der Waals surface area contributed by atoms with Crippen LogP contribution in [-0.2, 0) is 11.3 Å². The first-order valence-electron chi connectivity index (χ1n) is 5.85. The molecule has 0 bridgehead atoms. The molecule has 1 heterocycles. The number of nitrogens with zero attached hydrogens (tertiary/aromatic N) is 2. The van der Waals surface area contributed by atoms with Crippen molar-refractivity contribution in [2.75, 3.05) is 26.9 Å². The van der Waals surface area contributed by atoms with E-state index < -0.39 is 0 Å². The molecule has 5 heteroatoms. The Morgan fingerprint density at radius 2 is 2.12 bits per heavy atom. The molecule has 0 atom stereocenters. The van der Waals surface area contributed by atoms with Gasteiger partial charge in [0.05, 0.1) is 18.5 Å². The highest BCUT2D eigenvalue weighted by Gasteiger charge is 2.00. The molecule has 0 spiro atoms. The third-order valence-electron chi connectivity index (χ3n) is 2.06. The molecule has 17 heavy (non-hydrogen) atoms. The number of ether oxygens (including phenoxy) is 2. The molecule has 0 fully saturated rings. The summed E-state index contributed by atoms with van der Waals surface area (Å²) in [5.74, 6) is 1.18. The van der Waals surface area contributed by atoms with Crippen LogP contribution in [0.2, 0.25) is 0 Å². The Kier molecular flexibility index (Phi) is 6.50. The molecule has 0 saturated carbocycles. The maximum Gasteiger partial charge on any atom is 0.232 e. The Hall–Kier alpha value is -1.20. The van der Waals surface area contributed by atoms with Crippen LogP contribution in [0.15, 0.2) is 12.4 Å². The van der Waals surface area contributed by atoms with Crippen molar-refractivity contribution < 1.29 is 9.47 Å². The smallest absolute Gasteiger partial charge is 0.232 e. The first-order chi connectivity index (χ1) is 8.22. The summed E-state index contributed by atoms with van der Waals surface area (Å²) < 4.78 is 10.3. The van der Waals surface area contributed by atoms with Gasteiger partial charge in [0.25, 0.3) is 0 Å². The first kappa shape index (κ1) is 13.9. The first-order valence-corrected chi connectivity index (χ1v) is 5.85. The molecule has 1 N–H and O–H groups in total. The monoisotopic (exact) mass is 239 g/mol. The minimum Gasteiger partial charge on any atom is -0.474 e. The van der Waals surface area contributed by atoms with Gasteiger partial charge in [-0.1, -0.05) is 13.8 Å². The van der Waals surface area contributed by atoms with Crippen LogP contribution in [0.4, 0.5) is 0 Å². The molecule has 0 aliphatic rings. The fourth-order valence-electron chi connectivity index (χ4n) is 1.26. The molecule has 5 nitrogen and oxygen atoms in total. The molecule has 0 amide bonds. The van der Waals surface area contributed by atoms with Gasteiger partial charge in [0.1, 0.15) is 6.61 Å². The number of methoxy groups -OCH3 is 1. The zero-order valence-corrected chi connectivity index (χ0v) is 10.8. The average Bonchev–Trinajstić information content (AvgIpc) is 2.29. The summed E-state index contributed by atoms with van der Waals surface area (Å²) in [6.07, 6.45) is 3.36. The fourth-order valence-corrected chi connectivity index (χ4v) is 1.26. The second-order valence-corrected chi connectivity index (χ2v) is 4.21. The summed E-state index contributed by atoms with van der Waals surface area (Å²) in [5.41, 5.74) is 0.889. The number of nitrogens with one attached hydrogen (secondary N) is 1. The molecule has 96 valence electrons. The summed E-state index contributed by atoms with van der Waals surface area (Å²) in [7, 11) is 1.64. The molecule has 0 unspecified atom stereocenters. The molecule has 0 radical (unpaired) electrons. The SMILES string of the molecule is COCCOc1cncc(CNCC(C)C)n1. The Morgan fingerprint density at radius 3 is 2.82 bits per heavy atom. The van der Waals surface area contributed by atoms with Gasteiger partial charge in [-0.2, -0.15) is 0 Å². The maximum atomic E-state index is 5.39. The highest BCUT2D eigenvalue weighted by atomic mass is 16.5. The van der Waals surface area contributed by atoms with Crippen LogP contribution >= 0.6 is 0 Å². The van der Waals surface area contributed by atoms with E-state index in [1.807, 2.05) is 0 Å². The third kappa shape index (κ3) is 6.19. The van der Waals surface area contributed by atoms with Gasteiger partial charge in [0.2, 0.25) is 5.88 Å². The Labute approximate surface area is 103 Å². The molecular weight excluding hydrogens is 218 g/mol. The molecule has 1 aromatic rings. The van der Waals surface area contributed by atoms with Crippen molar-refractivity contribution in [3.8, 4) is 5.88 Å². The van der Waals surface area contributed by atoms with Crippen LogP contribution in [0, 0.1) is 5.92 Å². The van der Waals surface area contributed by atoms with Crippen LogP contribution in [0.25, 0.3) is 0 Å². The summed E-state index contributed by atoms with van der Waals surface area (Å²) in [6.45, 7) is 7.07. The molecule has 0 aromatic carbocycles. The molecular formula is C12H21N3O2. The van der Waals surface area contributed by atoms with Gasteiger partial charge in [0.15, 0.2) is 0 Å². The Balaban J connectivity index is 2.37. The van der Waals surface area contributed by atoms with E-state index in [0.29, 0.717) is 31.6 Å². The highest BCUT2D eigenvalue weighted by molar-refractivity contribution is 5.08. The van der Waals surface area contributed by atoms with Crippen molar-refractivity contribution in [1.82, 2.24) is 15.3 Å². The zero-order chi connectivity index (χ0) is 12.5. The van der Waals surface area contributed by atoms with Gasteiger partial charge in [-0.05, 0) is 12.5 Å². The lowest BCUT2D eigenvalue weighted by molar-refractivity contribution is 0.143. The number of hydrogen-bond donors (Lipinski definition) is 1. The highest BCUT2D eigenvalue weighted by Crippen LogP contribution is 2.04. The summed E-state index contributed by atoms with van der Waals surface area (Å²) in [5, 5.41) is 3.31. The predicted octanol–water partition coefficient (Wildman–Crippen LogP) is 1.25. The van der Waals surface area contributed by atoms with Crippen LogP contribution < -0.4 is 10.1 Å². The summed E-state index contributed by atoms with van der Waals surface area (Å²) >= 11 is 0. The van der Waals surface area contributed by atoms with Gasteiger partial charge in [-0.15, -0.1) is 0 Å². The normalized spacial score (nSPS) is 10.8. The van der Waals surface area contributed by atoms with E-state index in [1.54, 1.807) is 19.5 Å². The second-order valence-electron chi connectivity index (χ2n) is 4.21. The van der Waals surface area contributed by atoms with E-state index in [0.717, 1.165) is 12.2 Å². The lowest BCUT2D eigenvalue weighted by atomic mass is 10.2. The van der Waals surface area contributed by atoms with E-state index in [9.17, 15) is 0 Å². The second kappa shape index (κ2) is 7.97. The summed E-state index contributed by atoms with van der Waals surface area (Å²) in [6, 6.07) is 0. The summed E-state index contributed by atoms with van der Waals surface area (Å²) in [4.78, 5) is 8.43. The molecule has 1 rings (SSSR count). The van der Waals surface area contributed by atoms with Crippen LogP contribution in [0.3, 0.4) is 0 Å². The third-order valence-corrected chi connectivity index (χ3v) is 2.06. The Bertz CT molecular complexity index is 318. The minimum absolute atomic E-state index is 0.494. The number of rotatable bonds is 8. The van der Waals surface area contributed by atoms with Gasteiger partial charge >= 0.3 is 0 Å². The Morgan fingerprint density at radius 1 is 1.29 bits per heavy atom.